The lowest BCUT2D eigenvalue weighted by Crippen LogP contribution is -2.24. The normalized spacial score (nSPS) is 10.4. The molecule has 0 radical (unpaired) electrons. The molecule has 0 aliphatic rings. The summed E-state index contributed by atoms with van der Waals surface area (Å²) in [5.41, 5.74) is 6.28. The summed E-state index contributed by atoms with van der Waals surface area (Å²) < 4.78 is 5.08. The monoisotopic (exact) mass is 222 g/mol. The number of ether oxygens (including phenoxy) is 1. The fourth-order valence-electron chi connectivity index (χ4n) is 1.42. The Morgan fingerprint density at radius 3 is 2.50 bits per heavy atom. The Hall–Kier alpha value is -1.55. The van der Waals surface area contributed by atoms with Crippen LogP contribution in [0.15, 0.2) is 24.3 Å². The van der Waals surface area contributed by atoms with E-state index in [4.69, 9.17) is 10.5 Å². The predicted octanol–water partition coefficient (Wildman–Crippen LogP) is 1.00. The SMILES string of the molecule is COc1ccc(CN(C)CCC(N)=O)cc1. The van der Waals surface area contributed by atoms with E-state index >= 15 is 0 Å². The van der Waals surface area contributed by atoms with Gasteiger partial charge in [0.25, 0.3) is 0 Å². The van der Waals surface area contributed by atoms with E-state index in [1.807, 2.05) is 31.3 Å². The molecule has 0 saturated heterocycles. The van der Waals surface area contributed by atoms with Crippen LogP contribution in [-0.4, -0.2) is 31.5 Å². The zero-order valence-electron chi connectivity index (χ0n) is 9.77. The van der Waals surface area contributed by atoms with Gasteiger partial charge >= 0.3 is 0 Å². The Morgan fingerprint density at radius 2 is 2.00 bits per heavy atom. The van der Waals surface area contributed by atoms with Gasteiger partial charge in [0, 0.05) is 19.5 Å². The van der Waals surface area contributed by atoms with Crippen molar-refractivity contribution in [2.45, 2.75) is 13.0 Å². The third-order valence-corrected chi connectivity index (χ3v) is 2.35. The molecule has 2 N–H and O–H groups in total. The second kappa shape index (κ2) is 6.12. The van der Waals surface area contributed by atoms with Crippen LogP contribution in [0.3, 0.4) is 0 Å². The molecule has 0 spiro atoms. The lowest BCUT2D eigenvalue weighted by molar-refractivity contribution is -0.118. The first-order chi connectivity index (χ1) is 7.61. The van der Waals surface area contributed by atoms with Crippen molar-refractivity contribution in [2.75, 3.05) is 20.7 Å². The van der Waals surface area contributed by atoms with Crippen molar-refractivity contribution in [1.29, 1.82) is 0 Å². The second-order valence-corrected chi connectivity index (χ2v) is 3.80. The van der Waals surface area contributed by atoms with E-state index in [9.17, 15) is 4.79 Å². The number of hydrogen-bond donors (Lipinski definition) is 1. The summed E-state index contributed by atoms with van der Waals surface area (Å²) in [6, 6.07) is 7.88. The molecule has 0 unspecified atom stereocenters. The van der Waals surface area contributed by atoms with Crippen LogP contribution in [0.25, 0.3) is 0 Å². The highest BCUT2D eigenvalue weighted by Crippen LogP contribution is 2.12. The zero-order valence-corrected chi connectivity index (χ0v) is 9.77. The van der Waals surface area contributed by atoms with E-state index in [2.05, 4.69) is 4.90 Å². The number of amides is 1. The zero-order chi connectivity index (χ0) is 12.0. The Bertz CT molecular complexity index is 335. The summed E-state index contributed by atoms with van der Waals surface area (Å²) in [4.78, 5) is 12.7. The highest BCUT2D eigenvalue weighted by Gasteiger charge is 2.02. The molecular formula is C12H18N2O2. The lowest BCUT2D eigenvalue weighted by Gasteiger charge is -2.15. The van der Waals surface area contributed by atoms with Crippen LogP contribution in [0.2, 0.25) is 0 Å². The van der Waals surface area contributed by atoms with E-state index < -0.39 is 0 Å². The van der Waals surface area contributed by atoms with Gasteiger partial charge in [-0.2, -0.15) is 0 Å². The Balaban J connectivity index is 2.43. The van der Waals surface area contributed by atoms with Gasteiger partial charge in [-0.1, -0.05) is 12.1 Å². The topological polar surface area (TPSA) is 55.6 Å². The summed E-state index contributed by atoms with van der Waals surface area (Å²) >= 11 is 0. The maximum atomic E-state index is 10.6. The molecule has 0 atom stereocenters. The van der Waals surface area contributed by atoms with Gasteiger partial charge in [0.05, 0.1) is 7.11 Å². The van der Waals surface area contributed by atoms with E-state index in [0.717, 1.165) is 12.3 Å². The lowest BCUT2D eigenvalue weighted by atomic mass is 10.2. The minimum Gasteiger partial charge on any atom is -0.497 e. The van der Waals surface area contributed by atoms with Crippen molar-refractivity contribution >= 4 is 5.91 Å². The van der Waals surface area contributed by atoms with Gasteiger partial charge in [0.15, 0.2) is 0 Å². The van der Waals surface area contributed by atoms with E-state index in [1.54, 1.807) is 7.11 Å². The molecule has 1 aromatic rings. The minimum absolute atomic E-state index is 0.262. The van der Waals surface area contributed by atoms with Crippen molar-refractivity contribution in [3.8, 4) is 5.75 Å². The fourth-order valence-corrected chi connectivity index (χ4v) is 1.42. The van der Waals surface area contributed by atoms with Crippen LogP contribution < -0.4 is 10.5 Å². The van der Waals surface area contributed by atoms with Crippen LogP contribution in [0.5, 0.6) is 5.75 Å². The van der Waals surface area contributed by atoms with E-state index in [1.165, 1.54) is 5.56 Å². The van der Waals surface area contributed by atoms with Gasteiger partial charge in [-0.15, -0.1) is 0 Å². The summed E-state index contributed by atoms with van der Waals surface area (Å²) in [6.07, 6.45) is 0.395. The van der Waals surface area contributed by atoms with Crippen LogP contribution in [0.1, 0.15) is 12.0 Å². The van der Waals surface area contributed by atoms with Crippen LogP contribution in [0.4, 0.5) is 0 Å². The Morgan fingerprint density at radius 1 is 1.38 bits per heavy atom. The molecule has 0 aliphatic carbocycles. The first-order valence-electron chi connectivity index (χ1n) is 5.21. The van der Waals surface area contributed by atoms with Gasteiger partial charge in [-0.05, 0) is 24.7 Å². The number of carbonyl (C=O) groups is 1. The third-order valence-electron chi connectivity index (χ3n) is 2.35. The smallest absolute Gasteiger partial charge is 0.218 e. The fraction of sp³-hybridized carbons (Fsp3) is 0.417. The van der Waals surface area contributed by atoms with Crippen LogP contribution in [0, 0.1) is 0 Å². The number of hydrogen-bond acceptors (Lipinski definition) is 3. The van der Waals surface area contributed by atoms with Gasteiger partial charge < -0.3 is 15.4 Å². The third kappa shape index (κ3) is 4.31. The molecule has 1 aromatic carbocycles. The summed E-state index contributed by atoms with van der Waals surface area (Å²) in [6.45, 7) is 1.48. The summed E-state index contributed by atoms with van der Waals surface area (Å²) in [7, 11) is 3.61. The average molecular weight is 222 g/mol. The van der Waals surface area contributed by atoms with Gasteiger partial charge in [0.1, 0.15) is 5.75 Å². The number of rotatable bonds is 6. The molecule has 4 nitrogen and oxygen atoms in total. The first-order valence-corrected chi connectivity index (χ1v) is 5.21. The predicted molar refractivity (Wildman–Crippen MR) is 63.1 cm³/mol. The van der Waals surface area contributed by atoms with Crippen molar-refractivity contribution in [2.24, 2.45) is 5.73 Å². The standard InChI is InChI=1S/C12H18N2O2/c1-14(8-7-12(13)15)9-10-3-5-11(16-2)6-4-10/h3-6H,7-9H2,1-2H3,(H2,13,15). The molecule has 0 fully saturated rings. The van der Waals surface area contributed by atoms with Crippen molar-refractivity contribution in [1.82, 2.24) is 4.90 Å². The summed E-state index contributed by atoms with van der Waals surface area (Å²) in [5, 5.41) is 0. The second-order valence-electron chi connectivity index (χ2n) is 3.80. The minimum atomic E-state index is -0.262. The Labute approximate surface area is 96.0 Å². The molecular weight excluding hydrogens is 204 g/mol. The Kier molecular flexibility index (Phi) is 4.79. The highest BCUT2D eigenvalue weighted by atomic mass is 16.5. The molecule has 1 amide bonds. The maximum Gasteiger partial charge on any atom is 0.218 e. The summed E-state index contributed by atoms with van der Waals surface area (Å²) in [5.74, 6) is 0.588. The number of nitrogens with zero attached hydrogens (tertiary/aromatic N) is 1. The van der Waals surface area contributed by atoms with Crippen molar-refractivity contribution < 1.29 is 9.53 Å². The molecule has 16 heavy (non-hydrogen) atoms. The highest BCUT2D eigenvalue weighted by molar-refractivity contribution is 5.73. The molecule has 88 valence electrons. The number of carbonyl (C=O) groups excluding carboxylic acids is 1. The maximum absolute atomic E-state index is 10.6. The van der Waals surface area contributed by atoms with E-state index in [-0.39, 0.29) is 5.91 Å². The molecule has 1 rings (SSSR count). The van der Waals surface area contributed by atoms with Gasteiger partial charge in [0.2, 0.25) is 5.91 Å². The van der Waals surface area contributed by atoms with Crippen molar-refractivity contribution in [3.05, 3.63) is 29.8 Å². The largest absolute Gasteiger partial charge is 0.497 e. The van der Waals surface area contributed by atoms with Crippen LogP contribution in [-0.2, 0) is 11.3 Å². The molecule has 0 heterocycles. The van der Waals surface area contributed by atoms with Gasteiger partial charge in [-0.25, -0.2) is 0 Å². The molecule has 0 aromatic heterocycles. The molecule has 0 bridgehead atoms. The van der Waals surface area contributed by atoms with E-state index in [0.29, 0.717) is 13.0 Å². The number of benzene rings is 1. The average Bonchev–Trinajstić information content (AvgIpc) is 2.27. The number of methoxy groups -OCH3 is 1. The van der Waals surface area contributed by atoms with Crippen LogP contribution >= 0.6 is 0 Å². The quantitative estimate of drug-likeness (QED) is 0.781. The first kappa shape index (κ1) is 12.5. The molecule has 0 saturated carbocycles. The number of primary amides is 1. The van der Waals surface area contributed by atoms with Gasteiger partial charge in [-0.3, -0.25) is 4.79 Å². The number of nitrogens with two attached hydrogens (primary N) is 1. The van der Waals surface area contributed by atoms with Crippen molar-refractivity contribution in [3.63, 3.8) is 0 Å². The molecule has 0 aliphatic heterocycles. The molecule has 4 heteroatoms.